The van der Waals surface area contributed by atoms with Crippen molar-refractivity contribution >= 4 is 17.6 Å². The lowest BCUT2D eigenvalue weighted by Gasteiger charge is -2.15. The van der Waals surface area contributed by atoms with Crippen LogP contribution in [0.2, 0.25) is 0 Å². The SMILES string of the molecule is N/C(=N\O)C(F)(F)c1ccc(SC(F)(F)F)cc1. The van der Waals surface area contributed by atoms with E-state index in [-0.39, 0.29) is 4.90 Å². The van der Waals surface area contributed by atoms with E-state index in [1.807, 2.05) is 0 Å². The highest BCUT2D eigenvalue weighted by Crippen LogP contribution is 2.38. The van der Waals surface area contributed by atoms with Crippen LogP contribution in [0.5, 0.6) is 0 Å². The van der Waals surface area contributed by atoms with E-state index < -0.39 is 34.6 Å². The van der Waals surface area contributed by atoms with E-state index in [0.717, 1.165) is 24.3 Å². The number of oxime groups is 1. The predicted molar refractivity (Wildman–Crippen MR) is 55.7 cm³/mol. The van der Waals surface area contributed by atoms with Gasteiger partial charge in [-0.1, -0.05) is 17.3 Å². The minimum atomic E-state index is -4.49. The topological polar surface area (TPSA) is 58.6 Å². The maximum Gasteiger partial charge on any atom is 0.446 e. The first kappa shape index (κ1) is 14.6. The van der Waals surface area contributed by atoms with Crippen molar-refractivity contribution in [2.45, 2.75) is 16.3 Å². The quantitative estimate of drug-likeness (QED) is 0.224. The van der Waals surface area contributed by atoms with Crippen molar-refractivity contribution in [2.24, 2.45) is 10.9 Å². The van der Waals surface area contributed by atoms with Crippen LogP contribution in [-0.4, -0.2) is 16.6 Å². The predicted octanol–water partition coefficient (Wildman–Crippen LogP) is 3.14. The molecule has 18 heavy (non-hydrogen) atoms. The summed E-state index contributed by atoms with van der Waals surface area (Å²) in [7, 11) is 0. The van der Waals surface area contributed by atoms with Gasteiger partial charge in [-0.05, 0) is 23.9 Å². The normalized spacial score (nSPS) is 13.7. The number of thioether (sulfide) groups is 1. The lowest BCUT2D eigenvalue weighted by atomic mass is 10.1. The van der Waals surface area contributed by atoms with Crippen LogP contribution in [0.1, 0.15) is 5.56 Å². The van der Waals surface area contributed by atoms with E-state index in [1.165, 1.54) is 0 Å². The molecule has 3 N–H and O–H groups in total. The van der Waals surface area contributed by atoms with Crippen LogP contribution in [0.4, 0.5) is 22.0 Å². The molecule has 0 spiro atoms. The molecule has 0 aromatic heterocycles. The number of benzene rings is 1. The first-order chi connectivity index (χ1) is 8.16. The third-order valence-electron chi connectivity index (χ3n) is 1.88. The summed E-state index contributed by atoms with van der Waals surface area (Å²) in [5.74, 6) is -5.07. The van der Waals surface area contributed by atoms with Crippen LogP contribution in [0, 0.1) is 0 Å². The molecule has 3 nitrogen and oxygen atoms in total. The molecule has 0 aliphatic heterocycles. The van der Waals surface area contributed by atoms with Gasteiger partial charge in [-0.3, -0.25) is 0 Å². The Balaban J connectivity index is 2.96. The highest BCUT2D eigenvalue weighted by atomic mass is 32.2. The van der Waals surface area contributed by atoms with Crippen LogP contribution in [0.25, 0.3) is 0 Å². The van der Waals surface area contributed by atoms with Gasteiger partial charge in [0.15, 0.2) is 0 Å². The Kier molecular flexibility index (Phi) is 4.05. The van der Waals surface area contributed by atoms with Crippen molar-refractivity contribution in [1.82, 2.24) is 0 Å². The van der Waals surface area contributed by atoms with Gasteiger partial charge in [-0.25, -0.2) is 0 Å². The van der Waals surface area contributed by atoms with E-state index in [9.17, 15) is 22.0 Å². The highest BCUT2D eigenvalue weighted by Gasteiger charge is 2.37. The van der Waals surface area contributed by atoms with Gasteiger partial charge in [0.2, 0.25) is 5.84 Å². The lowest BCUT2D eigenvalue weighted by Crippen LogP contribution is -2.33. The minimum absolute atomic E-state index is 0.235. The average molecular weight is 286 g/mol. The number of rotatable bonds is 3. The van der Waals surface area contributed by atoms with Crippen LogP contribution in [-0.2, 0) is 5.92 Å². The summed E-state index contributed by atoms with van der Waals surface area (Å²) < 4.78 is 62.8. The Bertz CT molecular complexity index is 443. The van der Waals surface area contributed by atoms with E-state index in [2.05, 4.69) is 5.16 Å². The Hall–Kier alpha value is -1.51. The number of halogens is 5. The number of hydrogen-bond donors (Lipinski definition) is 2. The smallest absolute Gasteiger partial charge is 0.409 e. The molecule has 1 aromatic rings. The molecule has 0 fully saturated rings. The lowest BCUT2D eigenvalue weighted by molar-refractivity contribution is -0.0328. The summed E-state index contributed by atoms with van der Waals surface area (Å²) in [4.78, 5) is -0.235. The molecule has 9 heteroatoms. The third kappa shape index (κ3) is 3.49. The molecule has 0 heterocycles. The highest BCUT2D eigenvalue weighted by molar-refractivity contribution is 8.00. The Morgan fingerprint density at radius 2 is 1.61 bits per heavy atom. The molecule has 0 unspecified atom stereocenters. The Labute approximate surface area is 102 Å². The maximum atomic E-state index is 13.4. The van der Waals surface area contributed by atoms with Crippen molar-refractivity contribution in [3.63, 3.8) is 0 Å². The van der Waals surface area contributed by atoms with Gasteiger partial charge in [-0.15, -0.1) is 0 Å². The van der Waals surface area contributed by atoms with Gasteiger partial charge in [0.25, 0.3) is 0 Å². The molecule has 0 atom stereocenters. The average Bonchev–Trinajstić information content (AvgIpc) is 2.26. The summed E-state index contributed by atoms with van der Waals surface area (Å²) in [5, 5.41) is 10.3. The van der Waals surface area contributed by atoms with Gasteiger partial charge < -0.3 is 10.9 Å². The molecular weight excluding hydrogens is 279 g/mol. The number of alkyl halides is 5. The van der Waals surface area contributed by atoms with Crippen LogP contribution >= 0.6 is 11.8 Å². The second-order valence-corrected chi connectivity index (χ2v) is 4.27. The van der Waals surface area contributed by atoms with Gasteiger partial charge in [0.1, 0.15) is 0 Å². The number of nitrogens with zero attached hydrogens (tertiary/aromatic N) is 1. The summed E-state index contributed by atoms with van der Waals surface area (Å²) in [5.41, 5.74) is -0.366. The molecule has 0 saturated heterocycles. The maximum absolute atomic E-state index is 13.4. The molecule has 0 bridgehead atoms. The zero-order chi connectivity index (χ0) is 14.0. The molecule has 0 amide bonds. The Morgan fingerprint density at radius 3 is 2.00 bits per heavy atom. The molecule has 0 aliphatic rings. The van der Waals surface area contributed by atoms with Gasteiger partial charge in [0.05, 0.1) is 0 Å². The first-order valence-electron chi connectivity index (χ1n) is 4.39. The van der Waals surface area contributed by atoms with Gasteiger partial charge >= 0.3 is 11.4 Å². The second kappa shape index (κ2) is 5.01. The molecule has 1 rings (SSSR count). The van der Waals surface area contributed by atoms with Crippen molar-refractivity contribution in [3.05, 3.63) is 29.8 Å². The van der Waals surface area contributed by atoms with Gasteiger partial charge in [0, 0.05) is 10.5 Å². The summed E-state index contributed by atoms with van der Waals surface area (Å²) >= 11 is -0.422. The summed E-state index contributed by atoms with van der Waals surface area (Å²) in [6.07, 6.45) is 0. The second-order valence-electron chi connectivity index (χ2n) is 3.13. The van der Waals surface area contributed by atoms with E-state index >= 15 is 0 Å². The van der Waals surface area contributed by atoms with Crippen molar-refractivity contribution in [3.8, 4) is 0 Å². The van der Waals surface area contributed by atoms with Crippen LogP contribution in [0.3, 0.4) is 0 Å². The van der Waals surface area contributed by atoms with Gasteiger partial charge in [-0.2, -0.15) is 22.0 Å². The van der Waals surface area contributed by atoms with Crippen LogP contribution < -0.4 is 5.73 Å². The van der Waals surface area contributed by atoms with Crippen molar-refractivity contribution in [2.75, 3.05) is 0 Å². The van der Waals surface area contributed by atoms with Crippen molar-refractivity contribution < 1.29 is 27.2 Å². The molecule has 0 saturated carbocycles. The summed E-state index contributed by atoms with van der Waals surface area (Å²) in [6, 6.07) is 3.33. The third-order valence-corrected chi connectivity index (χ3v) is 2.62. The van der Waals surface area contributed by atoms with E-state index in [0.29, 0.717) is 0 Å². The fraction of sp³-hybridized carbons (Fsp3) is 0.222. The fourth-order valence-electron chi connectivity index (χ4n) is 1.08. The first-order valence-corrected chi connectivity index (χ1v) is 5.20. The molecule has 0 aliphatic carbocycles. The molecule has 100 valence electrons. The number of hydrogen-bond acceptors (Lipinski definition) is 3. The fourth-order valence-corrected chi connectivity index (χ4v) is 1.62. The molecule has 0 radical (unpaired) electrons. The van der Waals surface area contributed by atoms with E-state index in [1.54, 1.807) is 0 Å². The largest absolute Gasteiger partial charge is 0.446 e. The molecular formula is C9H7F5N2OS. The Morgan fingerprint density at radius 1 is 1.11 bits per heavy atom. The van der Waals surface area contributed by atoms with Crippen molar-refractivity contribution in [1.29, 1.82) is 0 Å². The summed E-state index contributed by atoms with van der Waals surface area (Å²) in [6.45, 7) is 0. The monoisotopic (exact) mass is 286 g/mol. The standard InChI is InChI=1S/C9H7F5N2OS/c10-8(11,7(15)16-17)5-1-3-6(4-2-5)18-9(12,13)14/h1-4,17H,(H2,15,16). The van der Waals surface area contributed by atoms with E-state index in [4.69, 9.17) is 10.9 Å². The number of amidine groups is 1. The zero-order valence-corrected chi connectivity index (χ0v) is 9.40. The van der Waals surface area contributed by atoms with Crippen LogP contribution in [0.15, 0.2) is 34.3 Å². The minimum Gasteiger partial charge on any atom is -0.409 e. The number of nitrogens with two attached hydrogens (primary N) is 1. The molecule has 1 aromatic carbocycles. The zero-order valence-electron chi connectivity index (χ0n) is 8.58.